The maximum Gasteiger partial charge on any atom is 0.124 e. The predicted octanol–water partition coefficient (Wildman–Crippen LogP) is 3.76. The highest BCUT2D eigenvalue weighted by molar-refractivity contribution is 6.35. The number of hydrogen-bond acceptors (Lipinski definition) is 2. The number of anilines is 2. The van der Waals surface area contributed by atoms with Crippen molar-refractivity contribution < 1.29 is 0 Å². The van der Waals surface area contributed by atoms with E-state index < -0.39 is 0 Å². The second kappa shape index (κ2) is 3.29. The van der Waals surface area contributed by atoms with E-state index in [0.29, 0.717) is 10.2 Å². The van der Waals surface area contributed by atoms with Crippen molar-refractivity contribution in [1.82, 2.24) is 0 Å². The molecule has 2 nitrogen and oxygen atoms in total. The summed E-state index contributed by atoms with van der Waals surface area (Å²) in [4.78, 5) is 0. The Morgan fingerprint density at radius 3 is 2.77 bits per heavy atom. The molecule has 1 heterocycles. The first kappa shape index (κ1) is 9.00. The van der Waals surface area contributed by atoms with E-state index in [9.17, 15) is 0 Å². The molecule has 0 saturated carbocycles. The van der Waals surface area contributed by atoms with Crippen LogP contribution in [0.3, 0.4) is 0 Å². The average molecular weight is 236 g/mol. The van der Waals surface area contributed by atoms with Gasteiger partial charge in [-0.15, -0.1) is 0 Å². The molecule has 1 aliphatic heterocycles. The van der Waals surface area contributed by atoms with Crippen LogP contribution in [0.15, 0.2) is 29.6 Å². The molecule has 2 rings (SSSR count). The maximum absolute atomic E-state index is 5.89. The molecule has 0 bridgehead atoms. The fraction of sp³-hybridized carbons (Fsp3) is 0. The van der Waals surface area contributed by atoms with Gasteiger partial charge in [-0.2, -0.15) is 0 Å². The van der Waals surface area contributed by atoms with Crippen LogP contribution in [-0.4, -0.2) is 0 Å². The van der Waals surface area contributed by atoms with Crippen molar-refractivity contribution in [2.75, 3.05) is 9.74 Å². The van der Waals surface area contributed by atoms with Crippen molar-refractivity contribution >= 4 is 46.4 Å². The second-order valence-corrected chi connectivity index (χ2v) is 3.78. The number of fused-ring (bicyclic) bond motifs is 1. The number of nitrogens with zero attached hydrogens (tertiary/aromatic N) is 1. The fourth-order valence-corrected chi connectivity index (χ4v) is 1.77. The molecule has 1 aromatic carbocycles. The first-order valence-electron chi connectivity index (χ1n) is 3.56. The summed E-state index contributed by atoms with van der Waals surface area (Å²) in [7, 11) is 0. The Bertz CT molecular complexity index is 376. The molecule has 0 spiro atoms. The number of hydrogen-bond donors (Lipinski definition) is 1. The van der Waals surface area contributed by atoms with Gasteiger partial charge in [-0.05, 0) is 18.2 Å². The normalized spacial score (nSPS) is 14.7. The van der Waals surface area contributed by atoms with Crippen LogP contribution in [0.25, 0.3) is 0 Å². The molecule has 68 valence electrons. The zero-order valence-electron chi connectivity index (χ0n) is 6.39. The summed E-state index contributed by atoms with van der Waals surface area (Å²) < 4.78 is 1.40. The summed E-state index contributed by atoms with van der Waals surface area (Å²) in [5.41, 5.74) is 1.63. The van der Waals surface area contributed by atoms with E-state index in [4.69, 9.17) is 35.0 Å². The topological polar surface area (TPSA) is 15.3 Å². The minimum absolute atomic E-state index is 0.477. The van der Waals surface area contributed by atoms with Gasteiger partial charge in [-0.3, -0.25) is 4.42 Å². The van der Waals surface area contributed by atoms with E-state index in [0.717, 1.165) is 11.4 Å². The molecule has 5 heteroatoms. The SMILES string of the molecule is ClC1=CN(Cl)c2cc(Cl)ccc2N1. The minimum Gasteiger partial charge on any atom is -0.343 e. The molecule has 13 heavy (non-hydrogen) atoms. The molecule has 0 unspecified atom stereocenters. The number of benzene rings is 1. The number of nitrogens with one attached hydrogen (secondary N) is 1. The third kappa shape index (κ3) is 1.70. The molecular weight excluding hydrogens is 230 g/mol. The van der Waals surface area contributed by atoms with Crippen LogP contribution < -0.4 is 9.74 Å². The van der Waals surface area contributed by atoms with Gasteiger partial charge in [-0.25, -0.2) is 0 Å². The van der Waals surface area contributed by atoms with Gasteiger partial charge in [0.15, 0.2) is 0 Å². The molecule has 1 aromatic rings. The standard InChI is InChI=1S/C8H5Cl3N2/c9-5-1-2-6-7(3-5)13(11)4-8(10)12-6/h1-4,12H. The quantitative estimate of drug-likeness (QED) is 0.544. The summed E-state index contributed by atoms with van der Waals surface area (Å²) in [6.07, 6.45) is 1.57. The molecule has 0 aromatic heterocycles. The third-order valence-electron chi connectivity index (χ3n) is 1.67. The van der Waals surface area contributed by atoms with Gasteiger partial charge in [0.25, 0.3) is 0 Å². The molecule has 1 N–H and O–H groups in total. The smallest absolute Gasteiger partial charge is 0.124 e. The Hall–Kier alpha value is -0.570. The summed E-state index contributed by atoms with van der Waals surface area (Å²) in [5, 5.41) is 4.07. The van der Waals surface area contributed by atoms with Crippen molar-refractivity contribution in [3.05, 3.63) is 34.6 Å². The molecule has 0 fully saturated rings. The van der Waals surface area contributed by atoms with Gasteiger partial charge in [0.1, 0.15) is 5.16 Å². The monoisotopic (exact) mass is 234 g/mol. The Balaban J connectivity index is 2.50. The lowest BCUT2D eigenvalue weighted by Gasteiger charge is -2.22. The highest BCUT2D eigenvalue weighted by atomic mass is 35.5. The predicted molar refractivity (Wildman–Crippen MR) is 57.3 cm³/mol. The Morgan fingerprint density at radius 2 is 2.00 bits per heavy atom. The van der Waals surface area contributed by atoms with Crippen molar-refractivity contribution in [2.24, 2.45) is 0 Å². The zero-order chi connectivity index (χ0) is 9.42. The van der Waals surface area contributed by atoms with Crippen LogP contribution in [0.2, 0.25) is 5.02 Å². The van der Waals surface area contributed by atoms with Crippen molar-refractivity contribution in [1.29, 1.82) is 0 Å². The average Bonchev–Trinajstić information content (AvgIpc) is 2.06. The summed E-state index contributed by atoms with van der Waals surface area (Å²) >= 11 is 17.5. The van der Waals surface area contributed by atoms with Crippen LogP contribution in [0.4, 0.5) is 11.4 Å². The van der Waals surface area contributed by atoms with E-state index in [2.05, 4.69) is 5.32 Å². The van der Waals surface area contributed by atoms with Crippen molar-refractivity contribution in [3.63, 3.8) is 0 Å². The lowest BCUT2D eigenvalue weighted by atomic mass is 10.2. The molecule has 1 aliphatic rings. The molecule has 0 saturated heterocycles. The number of rotatable bonds is 0. The molecule has 0 radical (unpaired) electrons. The number of halogens is 3. The first-order valence-corrected chi connectivity index (χ1v) is 4.65. The van der Waals surface area contributed by atoms with E-state index in [1.807, 2.05) is 6.07 Å². The van der Waals surface area contributed by atoms with Crippen molar-refractivity contribution in [2.45, 2.75) is 0 Å². The maximum atomic E-state index is 5.89. The first-order chi connectivity index (χ1) is 6.16. The van der Waals surface area contributed by atoms with Gasteiger partial charge in [0, 0.05) is 16.8 Å². The Morgan fingerprint density at radius 1 is 1.23 bits per heavy atom. The van der Waals surface area contributed by atoms with E-state index in [1.54, 1.807) is 18.3 Å². The third-order valence-corrected chi connectivity index (χ3v) is 2.38. The zero-order valence-corrected chi connectivity index (χ0v) is 8.66. The highest BCUT2D eigenvalue weighted by Gasteiger charge is 2.14. The van der Waals surface area contributed by atoms with E-state index in [1.165, 1.54) is 4.42 Å². The molecule has 0 atom stereocenters. The summed E-state index contributed by atoms with van der Waals surface area (Å²) in [5.74, 6) is 0. The van der Waals surface area contributed by atoms with E-state index in [-0.39, 0.29) is 0 Å². The fourth-order valence-electron chi connectivity index (χ4n) is 1.12. The van der Waals surface area contributed by atoms with Crippen molar-refractivity contribution in [3.8, 4) is 0 Å². The Labute approximate surface area is 90.8 Å². The summed E-state index contributed by atoms with van der Waals surface area (Å²) in [6, 6.07) is 5.35. The van der Waals surface area contributed by atoms with Gasteiger partial charge in [0.05, 0.1) is 17.6 Å². The Kier molecular flexibility index (Phi) is 2.28. The van der Waals surface area contributed by atoms with Crippen LogP contribution in [0, 0.1) is 0 Å². The lowest BCUT2D eigenvalue weighted by molar-refractivity contribution is 1.34. The van der Waals surface area contributed by atoms with Crippen LogP contribution >= 0.6 is 35.0 Å². The lowest BCUT2D eigenvalue weighted by Crippen LogP contribution is -2.12. The minimum atomic E-state index is 0.477. The highest BCUT2D eigenvalue weighted by Crippen LogP contribution is 2.35. The van der Waals surface area contributed by atoms with Gasteiger partial charge < -0.3 is 5.32 Å². The van der Waals surface area contributed by atoms with E-state index >= 15 is 0 Å². The largest absolute Gasteiger partial charge is 0.343 e. The van der Waals surface area contributed by atoms with Gasteiger partial charge >= 0.3 is 0 Å². The molecular formula is C8H5Cl3N2. The molecule has 0 aliphatic carbocycles. The summed E-state index contributed by atoms with van der Waals surface area (Å²) in [6.45, 7) is 0. The molecule has 0 amide bonds. The van der Waals surface area contributed by atoms with Gasteiger partial charge in [0.2, 0.25) is 0 Å². The van der Waals surface area contributed by atoms with Crippen LogP contribution in [-0.2, 0) is 0 Å². The van der Waals surface area contributed by atoms with Gasteiger partial charge in [-0.1, -0.05) is 23.2 Å². The second-order valence-electron chi connectivity index (χ2n) is 2.57. The van der Waals surface area contributed by atoms with Crippen LogP contribution in [0.1, 0.15) is 0 Å². The van der Waals surface area contributed by atoms with Crippen LogP contribution in [0.5, 0.6) is 0 Å².